The van der Waals surface area contributed by atoms with Crippen molar-refractivity contribution in [3.63, 3.8) is 0 Å². The molecule has 0 atom stereocenters. The van der Waals surface area contributed by atoms with Crippen LogP contribution in [0.3, 0.4) is 0 Å². The SMILES string of the molecule is Nc1cnc2c(CCC(=O)O)cccc2c1. The summed E-state index contributed by atoms with van der Waals surface area (Å²) in [4.78, 5) is 14.8. The van der Waals surface area contributed by atoms with Crippen molar-refractivity contribution in [3.05, 3.63) is 36.0 Å². The highest BCUT2D eigenvalue weighted by atomic mass is 16.4. The van der Waals surface area contributed by atoms with Crippen molar-refractivity contribution in [1.29, 1.82) is 0 Å². The number of para-hydroxylation sites is 1. The number of aromatic nitrogens is 1. The predicted octanol–water partition coefficient (Wildman–Crippen LogP) is 1.83. The van der Waals surface area contributed by atoms with Crippen LogP contribution in [0.1, 0.15) is 12.0 Å². The zero-order valence-corrected chi connectivity index (χ0v) is 8.68. The minimum atomic E-state index is -0.799. The Morgan fingerprint density at radius 3 is 3.00 bits per heavy atom. The molecule has 0 spiro atoms. The van der Waals surface area contributed by atoms with Gasteiger partial charge in [-0.2, -0.15) is 0 Å². The zero-order chi connectivity index (χ0) is 11.5. The van der Waals surface area contributed by atoms with Gasteiger partial charge in [0.15, 0.2) is 0 Å². The molecule has 0 bridgehead atoms. The van der Waals surface area contributed by atoms with E-state index in [1.807, 2.05) is 24.3 Å². The number of pyridine rings is 1. The van der Waals surface area contributed by atoms with Gasteiger partial charge in [-0.3, -0.25) is 9.78 Å². The van der Waals surface area contributed by atoms with Gasteiger partial charge >= 0.3 is 5.97 Å². The second-order valence-electron chi connectivity index (χ2n) is 3.65. The van der Waals surface area contributed by atoms with Crippen LogP contribution in [0.15, 0.2) is 30.5 Å². The van der Waals surface area contributed by atoms with Crippen LogP contribution < -0.4 is 5.73 Å². The molecule has 1 heterocycles. The van der Waals surface area contributed by atoms with Crippen LogP contribution in [0.5, 0.6) is 0 Å². The van der Waals surface area contributed by atoms with Crippen LogP contribution in [0.25, 0.3) is 10.9 Å². The Kier molecular flexibility index (Phi) is 2.72. The highest BCUT2D eigenvalue weighted by Crippen LogP contribution is 2.19. The summed E-state index contributed by atoms with van der Waals surface area (Å²) in [6, 6.07) is 7.55. The topological polar surface area (TPSA) is 76.2 Å². The van der Waals surface area contributed by atoms with Gasteiger partial charge in [0.25, 0.3) is 0 Å². The molecule has 1 aromatic carbocycles. The molecular weight excluding hydrogens is 204 g/mol. The summed E-state index contributed by atoms with van der Waals surface area (Å²) in [5, 5.41) is 9.60. The molecule has 4 nitrogen and oxygen atoms in total. The zero-order valence-electron chi connectivity index (χ0n) is 8.68. The Balaban J connectivity index is 2.41. The number of hydrogen-bond acceptors (Lipinski definition) is 3. The summed E-state index contributed by atoms with van der Waals surface area (Å²) >= 11 is 0. The van der Waals surface area contributed by atoms with Gasteiger partial charge in [0, 0.05) is 11.8 Å². The fraction of sp³-hybridized carbons (Fsp3) is 0.167. The summed E-state index contributed by atoms with van der Waals surface area (Å²) in [5.41, 5.74) is 8.03. The molecule has 0 aliphatic rings. The van der Waals surface area contributed by atoms with Crippen LogP contribution >= 0.6 is 0 Å². The minimum absolute atomic E-state index is 0.116. The van der Waals surface area contributed by atoms with Crippen LogP contribution in [0.4, 0.5) is 5.69 Å². The number of carboxylic acid groups (broad SMARTS) is 1. The molecule has 2 aromatic rings. The molecule has 82 valence electrons. The van der Waals surface area contributed by atoms with E-state index in [4.69, 9.17) is 10.8 Å². The van der Waals surface area contributed by atoms with E-state index in [0.29, 0.717) is 12.1 Å². The van der Waals surface area contributed by atoms with Crippen molar-refractivity contribution in [1.82, 2.24) is 4.98 Å². The second kappa shape index (κ2) is 4.18. The van der Waals surface area contributed by atoms with E-state index in [1.54, 1.807) is 6.20 Å². The molecule has 0 aliphatic carbocycles. The van der Waals surface area contributed by atoms with E-state index in [2.05, 4.69) is 4.98 Å². The molecule has 0 unspecified atom stereocenters. The number of hydrogen-bond donors (Lipinski definition) is 2. The lowest BCUT2D eigenvalue weighted by molar-refractivity contribution is -0.136. The number of aliphatic carboxylic acids is 1. The molecule has 4 heteroatoms. The van der Waals surface area contributed by atoms with E-state index in [-0.39, 0.29) is 6.42 Å². The largest absolute Gasteiger partial charge is 0.481 e. The average molecular weight is 216 g/mol. The monoisotopic (exact) mass is 216 g/mol. The van der Waals surface area contributed by atoms with E-state index in [0.717, 1.165) is 16.5 Å². The van der Waals surface area contributed by atoms with E-state index in [1.165, 1.54) is 0 Å². The lowest BCUT2D eigenvalue weighted by Gasteiger charge is -2.04. The van der Waals surface area contributed by atoms with E-state index < -0.39 is 5.97 Å². The molecule has 0 radical (unpaired) electrons. The van der Waals surface area contributed by atoms with Gasteiger partial charge in [-0.05, 0) is 18.1 Å². The molecule has 2 rings (SSSR count). The Morgan fingerprint density at radius 1 is 1.44 bits per heavy atom. The highest BCUT2D eigenvalue weighted by Gasteiger charge is 2.04. The molecular formula is C12H12N2O2. The maximum Gasteiger partial charge on any atom is 0.303 e. The highest BCUT2D eigenvalue weighted by molar-refractivity contribution is 5.84. The van der Waals surface area contributed by atoms with Gasteiger partial charge in [0.05, 0.1) is 17.4 Å². The van der Waals surface area contributed by atoms with Gasteiger partial charge in [0.1, 0.15) is 0 Å². The van der Waals surface area contributed by atoms with Crippen molar-refractivity contribution >= 4 is 22.6 Å². The molecule has 1 aromatic heterocycles. The van der Waals surface area contributed by atoms with Crippen molar-refractivity contribution in [3.8, 4) is 0 Å². The van der Waals surface area contributed by atoms with Gasteiger partial charge in [-0.25, -0.2) is 0 Å². The fourth-order valence-electron chi connectivity index (χ4n) is 1.68. The van der Waals surface area contributed by atoms with Crippen LogP contribution in [0.2, 0.25) is 0 Å². The average Bonchev–Trinajstić information content (AvgIpc) is 2.25. The predicted molar refractivity (Wildman–Crippen MR) is 62.1 cm³/mol. The third kappa shape index (κ3) is 2.11. The Bertz CT molecular complexity index is 538. The molecule has 0 saturated heterocycles. The first-order chi connectivity index (χ1) is 7.66. The lowest BCUT2D eigenvalue weighted by atomic mass is 10.1. The number of fused-ring (bicyclic) bond motifs is 1. The number of benzene rings is 1. The molecule has 3 N–H and O–H groups in total. The number of aryl methyl sites for hydroxylation is 1. The van der Waals surface area contributed by atoms with Gasteiger partial charge in [0.2, 0.25) is 0 Å². The summed E-state index contributed by atoms with van der Waals surface area (Å²) < 4.78 is 0. The number of carbonyl (C=O) groups is 1. The first kappa shape index (κ1) is 10.4. The van der Waals surface area contributed by atoms with Crippen LogP contribution in [-0.2, 0) is 11.2 Å². The first-order valence-corrected chi connectivity index (χ1v) is 5.02. The molecule has 16 heavy (non-hydrogen) atoms. The Morgan fingerprint density at radius 2 is 2.25 bits per heavy atom. The van der Waals surface area contributed by atoms with E-state index >= 15 is 0 Å². The smallest absolute Gasteiger partial charge is 0.303 e. The third-order valence-corrected chi connectivity index (χ3v) is 2.42. The fourth-order valence-corrected chi connectivity index (χ4v) is 1.68. The number of nitrogens with two attached hydrogens (primary N) is 1. The molecule has 0 aliphatic heterocycles. The molecule has 0 fully saturated rings. The summed E-state index contributed by atoms with van der Waals surface area (Å²) in [5.74, 6) is -0.799. The molecule has 0 amide bonds. The van der Waals surface area contributed by atoms with Gasteiger partial charge in [-0.15, -0.1) is 0 Å². The Hall–Kier alpha value is -2.10. The Labute approximate surface area is 92.7 Å². The van der Waals surface area contributed by atoms with Crippen molar-refractivity contribution < 1.29 is 9.90 Å². The summed E-state index contributed by atoms with van der Waals surface area (Å²) in [7, 11) is 0. The van der Waals surface area contributed by atoms with Crippen LogP contribution in [0, 0.1) is 0 Å². The van der Waals surface area contributed by atoms with E-state index in [9.17, 15) is 4.79 Å². The van der Waals surface area contributed by atoms with Crippen molar-refractivity contribution in [2.75, 3.05) is 5.73 Å². The van der Waals surface area contributed by atoms with Crippen LogP contribution in [-0.4, -0.2) is 16.1 Å². The number of carboxylic acids is 1. The summed E-state index contributed by atoms with van der Waals surface area (Å²) in [6.07, 6.45) is 2.20. The normalized spacial score (nSPS) is 10.5. The van der Waals surface area contributed by atoms with Gasteiger partial charge < -0.3 is 10.8 Å². The first-order valence-electron chi connectivity index (χ1n) is 5.02. The quantitative estimate of drug-likeness (QED) is 0.820. The van der Waals surface area contributed by atoms with Gasteiger partial charge in [-0.1, -0.05) is 18.2 Å². The molecule has 0 saturated carbocycles. The summed E-state index contributed by atoms with van der Waals surface area (Å²) in [6.45, 7) is 0. The number of anilines is 1. The maximum atomic E-state index is 10.5. The van der Waals surface area contributed by atoms with Crippen molar-refractivity contribution in [2.24, 2.45) is 0 Å². The second-order valence-corrected chi connectivity index (χ2v) is 3.65. The minimum Gasteiger partial charge on any atom is -0.481 e. The number of rotatable bonds is 3. The standard InChI is InChI=1S/C12H12N2O2/c13-10-6-9-3-1-2-8(4-5-11(15)16)12(9)14-7-10/h1-3,6-7H,4-5,13H2,(H,15,16). The third-order valence-electron chi connectivity index (χ3n) is 2.42. The number of nitrogen functional groups attached to an aromatic ring is 1. The van der Waals surface area contributed by atoms with Crippen molar-refractivity contribution in [2.45, 2.75) is 12.8 Å². The number of nitrogens with zero attached hydrogens (tertiary/aromatic N) is 1. The maximum absolute atomic E-state index is 10.5. The lowest BCUT2D eigenvalue weighted by Crippen LogP contribution is -1.99.